The summed E-state index contributed by atoms with van der Waals surface area (Å²) < 4.78 is 17.7. The predicted octanol–water partition coefficient (Wildman–Crippen LogP) is 2.52. The quantitative estimate of drug-likeness (QED) is 0.492. The van der Waals surface area contributed by atoms with Crippen molar-refractivity contribution >= 4 is 17.6 Å². The molecule has 0 heterocycles. The molecular formula is C17H15FN2O5. The van der Waals surface area contributed by atoms with Crippen LogP contribution in [0.1, 0.15) is 21.5 Å². The minimum atomic E-state index is -0.821. The molecule has 0 aliphatic carbocycles. The molecule has 0 unspecified atom stereocenters. The number of hydrogen-bond donors (Lipinski definition) is 1. The van der Waals surface area contributed by atoms with Gasteiger partial charge in [0.25, 0.3) is 11.6 Å². The average Bonchev–Trinajstić information content (AvgIpc) is 2.59. The highest BCUT2D eigenvalue weighted by molar-refractivity contribution is 5.93. The van der Waals surface area contributed by atoms with Gasteiger partial charge in [0.2, 0.25) is 0 Å². The second kappa shape index (κ2) is 8.00. The van der Waals surface area contributed by atoms with Crippen molar-refractivity contribution in [2.45, 2.75) is 13.5 Å². The first-order valence-electron chi connectivity index (χ1n) is 7.30. The van der Waals surface area contributed by atoms with Crippen LogP contribution in [0.15, 0.2) is 42.5 Å². The molecule has 0 atom stereocenters. The van der Waals surface area contributed by atoms with Crippen molar-refractivity contribution in [3.8, 4) is 0 Å². The Labute approximate surface area is 142 Å². The lowest BCUT2D eigenvalue weighted by molar-refractivity contribution is -0.385. The first kappa shape index (κ1) is 18.1. The number of esters is 1. The van der Waals surface area contributed by atoms with E-state index in [1.807, 2.05) is 0 Å². The fourth-order valence-corrected chi connectivity index (χ4v) is 2.11. The molecule has 130 valence electrons. The molecule has 25 heavy (non-hydrogen) atoms. The van der Waals surface area contributed by atoms with Gasteiger partial charge in [-0.15, -0.1) is 0 Å². The van der Waals surface area contributed by atoms with E-state index in [-0.39, 0.29) is 29.2 Å². The molecule has 1 N–H and O–H groups in total. The van der Waals surface area contributed by atoms with E-state index in [2.05, 4.69) is 5.32 Å². The van der Waals surface area contributed by atoms with Crippen LogP contribution in [0, 0.1) is 22.9 Å². The summed E-state index contributed by atoms with van der Waals surface area (Å²) >= 11 is 0. The lowest BCUT2D eigenvalue weighted by Crippen LogP contribution is -2.28. The van der Waals surface area contributed by atoms with Crippen LogP contribution in [0.3, 0.4) is 0 Å². The molecule has 0 aliphatic heterocycles. The molecule has 2 aromatic carbocycles. The molecule has 2 rings (SSSR count). The Morgan fingerprint density at radius 3 is 2.52 bits per heavy atom. The highest BCUT2D eigenvalue weighted by atomic mass is 19.1. The van der Waals surface area contributed by atoms with E-state index in [1.165, 1.54) is 49.4 Å². The summed E-state index contributed by atoms with van der Waals surface area (Å²) in [6.07, 6.45) is 0. The van der Waals surface area contributed by atoms with Crippen molar-refractivity contribution in [2.24, 2.45) is 0 Å². The first-order valence-corrected chi connectivity index (χ1v) is 7.30. The number of carbonyl (C=O) groups excluding carboxylic acids is 2. The van der Waals surface area contributed by atoms with Gasteiger partial charge < -0.3 is 10.1 Å². The Balaban J connectivity index is 1.89. The van der Waals surface area contributed by atoms with Crippen LogP contribution in [0.5, 0.6) is 0 Å². The molecule has 0 radical (unpaired) electrons. The molecule has 0 spiro atoms. The predicted molar refractivity (Wildman–Crippen MR) is 86.4 cm³/mol. The van der Waals surface area contributed by atoms with Crippen molar-refractivity contribution in [3.05, 3.63) is 75.1 Å². The molecular weight excluding hydrogens is 331 g/mol. The summed E-state index contributed by atoms with van der Waals surface area (Å²) in [6.45, 7) is 1.07. The van der Waals surface area contributed by atoms with E-state index < -0.39 is 23.4 Å². The molecule has 8 heteroatoms. The van der Waals surface area contributed by atoms with E-state index in [4.69, 9.17) is 4.74 Å². The third-order valence-corrected chi connectivity index (χ3v) is 3.46. The molecule has 0 aliphatic rings. The minimum Gasteiger partial charge on any atom is -0.452 e. The average molecular weight is 346 g/mol. The lowest BCUT2D eigenvalue weighted by Gasteiger charge is -2.08. The number of nitrogens with one attached hydrogen (secondary N) is 1. The number of halogens is 1. The van der Waals surface area contributed by atoms with Crippen LogP contribution < -0.4 is 5.32 Å². The van der Waals surface area contributed by atoms with Crippen molar-refractivity contribution < 1.29 is 23.6 Å². The van der Waals surface area contributed by atoms with Crippen LogP contribution in [0.2, 0.25) is 0 Å². The van der Waals surface area contributed by atoms with Gasteiger partial charge in [-0.2, -0.15) is 0 Å². The van der Waals surface area contributed by atoms with E-state index in [0.29, 0.717) is 5.56 Å². The van der Waals surface area contributed by atoms with Crippen LogP contribution in [-0.2, 0) is 16.1 Å². The van der Waals surface area contributed by atoms with Gasteiger partial charge >= 0.3 is 5.97 Å². The van der Waals surface area contributed by atoms with Gasteiger partial charge in [-0.05, 0) is 30.7 Å². The summed E-state index contributed by atoms with van der Waals surface area (Å²) in [6, 6.07) is 9.63. The van der Waals surface area contributed by atoms with Crippen LogP contribution in [0.25, 0.3) is 0 Å². The Morgan fingerprint density at radius 1 is 1.20 bits per heavy atom. The summed E-state index contributed by atoms with van der Waals surface area (Å²) in [5, 5.41) is 13.4. The Hall–Kier alpha value is -3.29. The minimum absolute atomic E-state index is 0.0283. The highest BCUT2D eigenvalue weighted by Crippen LogP contribution is 2.21. The molecule has 0 fully saturated rings. The summed E-state index contributed by atoms with van der Waals surface area (Å²) in [5.74, 6) is -1.74. The molecule has 0 bridgehead atoms. The largest absolute Gasteiger partial charge is 0.452 e. The number of ether oxygens (including phenoxy) is 1. The van der Waals surface area contributed by atoms with Gasteiger partial charge in [0.05, 0.1) is 10.5 Å². The van der Waals surface area contributed by atoms with Crippen molar-refractivity contribution in [1.82, 2.24) is 5.32 Å². The maximum absolute atomic E-state index is 12.8. The third-order valence-electron chi connectivity index (χ3n) is 3.46. The Morgan fingerprint density at radius 2 is 1.88 bits per heavy atom. The summed E-state index contributed by atoms with van der Waals surface area (Å²) in [5.41, 5.74) is 0.690. The van der Waals surface area contributed by atoms with Crippen molar-refractivity contribution in [1.29, 1.82) is 0 Å². The second-order valence-corrected chi connectivity index (χ2v) is 5.19. The van der Waals surface area contributed by atoms with Crippen LogP contribution in [0.4, 0.5) is 10.1 Å². The van der Waals surface area contributed by atoms with Gasteiger partial charge in [0.1, 0.15) is 5.82 Å². The number of nitro groups is 1. The van der Waals surface area contributed by atoms with Gasteiger partial charge in [-0.1, -0.05) is 18.2 Å². The maximum atomic E-state index is 12.8. The fraction of sp³-hybridized carbons (Fsp3) is 0.176. The number of amides is 1. The smallest absolute Gasteiger partial charge is 0.339 e. The second-order valence-electron chi connectivity index (χ2n) is 5.19. The Kier molecular flexibility index (Phi) is 5.78. The zero-order valence-corrected chi connectivity index (χ0v) is 13.3. The van der Waals surface area contributed by atoms with Gasteiger partial charge in [0, 0.05) is 18.2 Å². The summed E-state index contributed by atoms with van der Waals surface area (Å²) in [7, 11) is 0. The van der Waals surface area contributed by atoms with Crippen LogP contribution in [-0.4, -0.2) is 23.4 Å². The molecule has 0 saturated carbocycles. The van der Waals surface area contributed by atoms with Crippen molar-refractivity contribution in [3.63, 3.8) is 0 Å². The zero-order valence-electron chi connectivity index (χ0n) is 13.3. The van der Waals surface area contributed by atoms with Gasteiger partial charge in [-0.25, -0.2) is 9.18 Å². The number of hydrogen-bond acceptors (Lipinski definition) is 5. The molecule has 7 nitrogen and oxygen atoms in total. The normalized spacial score (nSPS) is 10.2. The number of nitrogens with zero attached hydrogens (tertiary/aromatic N) is 1. The third kappa shape index (κ3) is 4.84. The maximum Gasteiger partial charge on any atom is 0.339 e. The lowest BCUT2D eigenvalue weighted by atomic mass is 10.1. The van der Waals surface area contributed by atoms with E-state index in [1.54, 1.807) is 0 Å². The first-order chi connectivity index (χ1) is 11.9. The van der Waals surface area contributed by atoms with E-state index in [0.717, 1.165) is 0 Å². The number of rotatable bonds is 6. The number of nitro benzene ring substituents is 1. The zero-order chi connectivity index (χ0) is 18.4. The van der Waals surface area contributed by atoms with Gasteiger partial charge in [0.15, 0.2) is 6.61 Å². The fourth-order valence-electron chi connectivity index (χ4n) is 2.11. The monoisotopic (exact) mass is 346 g/mol. The SMILES string of the molecule is Cc1c(C(=O)OCC(=O)NCc2ccc(F)cc2)cccc1[N+](=O)[O-]. The van der Waals surface area contributed by atoms with E-state index >= 15 is 0 Å². The highest BCUT2D eigenvalue weighted by Gasteiger charge is 2.19. The molecule has 2 aromatic rings. The molecule has 1 amide bonds. The number of carbonyl (C=O) groups is 2. The van der Waals surface area contributed by atoms with Crippen molar-refractivity contribution in [2.75, 3.05) is 6.61 Å². The number of benzene rings is 2. The summed E-state index contributed by atoms with van der Waals surface area (Å²) in [4.78, 5) is 34.0. The Bertz CT molecular complexity index is 805. The van der Waals surface area contributed by atoms with Gasteiger partial charge in [-0.3, -0.25) is 14.9 Å². The molecule has 0 saturated heterocycles. The van der Waals surface area contributed by atoms with Crippen LogP contribution >= 0.6 is 0 Å². The topological polar surface area (TPSA) is 98.5 Å². The van der Waals surface area contributed by atoms with E-state index in [9.17, 15) is 24.1 Å². The standard InChI is InChI=1S/C17H15FN2O5/c1-11-14(3-2-4-15(11)20(23)24)17(22)25-10-16(21)19-9-12-5-7-13(18)8-6-12/h2-8H,9-10H2,1H3,(H,19,21). The molecule has 0 aromatic heterocycles.